The van der Waals surface area contributed by atoms with E-state index in [1.807, 2.05) is 30.3 Å². The van der Waals surface area contributed by atoms with Crippen LogP contribution >= 0.6 is 22.6 Å². The molecule has 2 heterocycles. The summed E-state index contributed by atoms with van der Waals surface area (Å²) < 4.78 is 6.66. The number of urea groups is 1. The van der Waals surface area contributed by atoms with Crippen LogP contribution in [-0.4, -0.2) is 40.1 Å². The van der Waals surface area contributed by atoms with Crippen LogP contribution in [0.4, 0.5) is 4.79 Å². The molecule has 0 unspecified atom stereocenters. The van der Waals surface area contributed by atoms with E-state index >= 15 is 0 Å². The molecule has 19 heavy (non-hydrogen) atoms. The molecule has 6 heteroatoms. The summed E-state index contributed by atoms with van der Waals surface area (Å²) in [6.45, 7) is 0.538. The van der Waals surface area contributed by atoms with Crippen LogP contribution in [0.5, 0.6) is 0 Å². The third-order valence-corrected chi connectivity index (χ3v) is 4.41. The first kappa shape index (κ1) is 12.9. The van der Waals surface area contributed by atoms with Crippen molar-refractivity contribution in [3.8, 4) is 0 Å². The maximum Gasteiger partial charge on any atom is 0.326 e. The van der Waals surface area contributed by atoms with Crippen molar-refractivity contribution in [2.75, 3.05) is 11.0 Å². The summed E-state index contributed by atoms with van der Waals surface area (Å²) in [5.74, 6) is -0.738. The van der Waals surface area contributed by atoms with Crippen LogP contribution in [0.25, 0.3) is 0 Å². The van der Waals surface area contributed by atoms with Crippen molar-refractivity contribution in [3.05, 3.63) is 35.9 Å². The van der Waals surface area contributed by atoms with Crippen LogP contribution in [-0.2, 0) is 9.53 Å². The highest BCUT2D eigenvalue weighted by atomic mass is 127. The highest BCUT2D eigenvalue weighted by molar-refractivity contribution is 14.1. The summed E-state index contributed by atoms with van der Waals surface area (Å²) in [7, 11) is 0. The maximum absolute atomic E-state index is 12.1. The average Bonchev–Trinajstić information content (AvgIpc) is 2.84. The van der Waals surface area contributed by atoms with E-state index in [9.17, 15) is 9.59 Å². The number of carbonyl (C=O) groups excluding carboxylic acids is 2. The number of hydrogen-bond donors (Lipinski definition) is 1. The van der Waals surface area contributed by atoms with Crippen LogP contribution in [0.3, 0.4) is 0 Å². The summed E-state index contributed by atoms with van der Waals surface area (Å²) in [5.41, 5.74) is 0.872. The zero-order valence-corrected chi connectivity index (χ0v) is 12.2. The summed E-state index contributed by atoms with van der Waals surface area (Å²) in [5, 5.41) is 2.41. The third kappa shape index (κ3) is 2.23. The monoisotopic (exact) mass is 372 g/mol. The standard InChI is InChI=1S/C13H13IN2O3/c14-6-9-7-16-12(19-9)10(11(17)15-13(16)18)8-4-2-1-3-5-8/h1-5,9-10,12H,6-7H2,(H,15,17,18)/t9-,10+,12-/m0/s1. The molecule has 3 rings (SSSR count). The van der Waals surface area contributed by atoms with Crippen molar-refractivity contribution in [2.45, 2.75) is 18.2 Å². The summed E-state index contributed by atoms with van der Waals surface area (Å²) in [6.07, 6.45) is -0.489. The Morgan fingerprint density at radius 2 is 2.05 bits per heavy atom. The predicted molar refractivity (Wildman–Crippen MR) is 77.0 cm³/mol. The Balaban J connectivity index is 1.94. The second kappa shape index (κ2) is 5.09. The van der Waals surface area contributed by atoms with Crippen LogP contribution < -0.4 is 5.32 Å². The third-order valence-electron chi connectivity index (χ3n) is 3.43. The maximum atomic E-state index is 12.1. The minimum Gasteiger partial charge on any atom is -0.351 e. The fraction of sp³-hybridized carbons (Fsp3) is 0.385. The van der Waals surface area contributed by atoms with Gasteiger partial charge in [-0.3, -0.25) is 15.0 Å². The van der Waals surface area contributed by atoms with E-state index in [0.29, 0.717) is 6.54 Å². The smallest absolute Gasteiger partial charge is 0.326 e. The summed E-state index contributed by atoms with van der Waals surface area (Å²) in [6, 6.07) is 9.09. The van der Waals surface area contributed by atoms with Gasteiger partial charge in [-0.05, 0) is 5.56 Å². The van der Waals surface area contributed by atoms with E-state index in [0.717, 1.165) is 9.99 Å². The van der Waals surface area contributed by atoms with Crippen molar-refractivity contribution >= 4 is 34.5 Å². The van der Waals surface area contributed by atoms with Gasteiger partial charge in [0.15, 0.2) is 0 Å². The van der Waals surface area contributed by atoms with Gasteiger partial charge in [0, 0.05) is 4.43 Å². The van der Waals surface area contributed by atoms with Gasteiger partial charge in [0.25, 0.3) is 0 Å². The number of imide groups is 1. The normalized spacial score (nSPS) is 30.2. The molecule has 0 saturated carbocycles. The first-order chi connectivity index (χ1) is 9.20. The minimum atomic E-state index is -0.483. The summed E-state index contributed by atoms with van der Waals surface area (Å²) >= 11 is 2.23. The SMILES string of the molecule is O=C1NC(=O)N2C[C@H](CI)O[C@H]2[C@@H]1c1ccccc1. The number of nitrogens with zero attached hydrogens (tertiary/aromatic N) is 1. The van der Waals surface area contributed by atoms with Crippen molar-refractivity contribution in [2.24, 2.45) is 0 Å². The van der Waals surface area contributed by atoms with E-state index in [4.69, 9.17) is 4.74 Å². The minimum absolute atomic E-state index is 0.00605. The van der Waals surface area contributed by atoms with Gasteiger partial charge in [-0.15, -0.1) is 0 Å². The van der Waals surface area contributed by atoms with Crippen molar-refractivity contribution in [1.82, 2.24) is 10.2 Å². The second-order valence-corrected chi connectivity index (χ2v) is 5.52. The molecule has 0 bridgehead atoms. The average molecular weight is 372 g/mol. The van der Waals surface area contributed by atoms with Gasteiger partial charge in [0.2, 0.25) is 5.91 Å². The Kier molecular flexibility index (Phi) is 3.44. The largest absolute Gasteiger partial charge is 0.351 e. The Morgan fingerprint density at radius 3 is 2.74 bits per heavy atom. The molecule has 100 valence electrons. The number of hydrogen-bond acceptors (Lipinski definition) is 3. The van der Waals surface area contributed by atoms with Gasteiger partial charge < -0.3 is 4.74 Å². The Bertz CT molecular complexity index is 508. The number of alkyl halides is 1. The molecular formula is C13H13IN2O3. The lowest BCUT2D eigenvalue weighted by molar-refractivity contribution is -0.129. The molecule has 5 nitrogen and oxygen atoms in total. The van der Waals surface area contributed by atoms with Gasteiger partial charge in [-0.25, -0.2) is 4.79 Å². The lowest BCUT2D eigenvalue weighted by atomic mass is 9.94. The van der Waals surface area contributed by atoms with Gasteiger partial charge in [0.1, 0.15) is 12.1 Å². The number of rotatable bonds is 2. The Hall–Kier alpha value is -1.15. The van der Waals surface area contributed by atoms with Crippen molar-refractivity contribution < 1.29 is 14.3 Å². The fourth-order valence-corrected chi connectivity index (χ4v) is 3.03. The zero-order valence-electron chi connectivity index (χ0n) is 10.1. The topological polar surface area (TPSA) is 58.6 Å². The molecule has 0 spiro atoms. The highest BCUT2D eigenvalue weighted by Gasteiger charge is 2.48. The second-order valence-electron chi connectivity index (χ2n) is 4.64. The van der Waals surface area contributed by atoms with E-state index in [1.54, 1.807) is 4.90 Å². The molecule has 1 aromatic rings. The number of fused-ring (bicyclic) bond motifs is 1. The molecular weight excluding hydrogens is 359 g/mol. The Morgan fingerprint density at radius 1 is 1.32 bits per heavy atom. The predicted octanol–water partition coefficient (Wildman–Crippen LogP) is 1.48. The number of halogens is 1. The van der Waals surface area contributed by atoms with Gasteiger partial charge in [0.05, 0.1) is 12.6 Å². The van der Waals surface area contributed by atoms with Crippen molar-refractivity contribution in [3.63, 3.8) is 0 Å². The van der Waals surface area contributed by atoms with Gasteiger partial charge >= 0.3 is 6.03 Å². The first-order valence-corrected chi connectivity index (χ1v) is 7.61. The molecule has 2 aliphatic heterocycles. The number of amides is 3. The molecule has 2 aliphatic rings. The number of ether oxygens (including phenoxy) is 1. The molecule has 3 atom stereocenters. The van der Waals surface area contributed by atoms with Crippen LogP contribution in [0.15, 0.2) is 30.3 Å². The quantitative estimate of drug-likeness (QED) is 0.632. The van der Waals surface area contributed by atoms with E-state index in [2.05, 4.69) is 27.9 Å². The molecule has 3 amide bonds. The fourth-order valence-electron chi connectivity index (χ4n) is 2.54. The number of nitrogens with one attached hydrogen (secondary N) is 1. The van der Waals surface area contributed by atoms with Gasteiger partial charge in [-0.1, -0.05) is 52.9 Å². The van der Waals surface area contributed by atoms with Gasteiger partial charge in [-0.2, -0.15) is 0 Å². The molecule has 2 saturated heterocycles. The first-order valence-electron chi connectivity index (χ1n) is 6.08. The van der Waals surface area contributed by atoms with E-state index < -0.39 is 12.1 Å². The number of benzene rings is 1. The zero-order chi connectivity index (χ0) is 13.4. The molecule has 0 radical (unpaired) electrons. The molecule has 1 N–H and O–H groups in total. The molecule has 0 aromatic heterocycles. The highest BCUT2D eigenvalue weighted by Crippen LogP contribution is 2.33. The van der Waals surface area contributed by atoms with Crippen LogP contribution in [0.2, 0.25) is 0 Å². The van der Waals surface area contributed by atoms with E-state index in [1.165, 1.54) is 0 Å². The number of carbonyl (C=O) groups is 2. The van der Waals surface area contributed by atoms with Crippen molar-refractivity contribution in [1.29, 1.82) is 0 Å². The lowest BCUT2D eigenvalue weighted by Gasteiger charge is -2.34. The molecule has 1 aromatic carbocycles. The molecule has 2 fully saturated rings. The van der Waals surface area contributed by atoms with Crippen LogP contribution in [0, 0.1) is 0 Å². The molecule has 0 aliphatic carbocycles. The summed E-state index contributed by atoms with van der Waals surface area (Å²) in [4.78, 5) is 25.6. The van der Waals surface area contributed by atoms with Crippen LogP contribution in [0.1, 0.15) is 11.5 Å². The Labute approximate surface area is 124 Å². The van der Waals surface area contributed by atoms with E-state index in [-0.39, 0.29) is 18.0 Å². The lowest BCUT2D eigenvalue weighted by Crippen LogP contribution is -2.56.